The number of hydrogen-bond acceptors (Lipinski definition) is 3. The van der Waals surface area contributed by atoms with Crippen LogP contribution in [0.2, 0.25) is 0 Å². The van der Waals surface area contributed by atoms with Gasteiger partial charge in [0.25, 0.3) is 5.91 Å². The van der Waals surface area contributed by atoms with Gasteiger partial charge in [0, 0.05) is 16.6 Å². The van der Waals surface area contributed by atoms with E-state index >= 15 is 0 Å². The zero-order chi connectivity index (χ0) is 17.8. The van der Waals surface area contributed by atoms with Gasteiger partial charge >= 0.3 is 6.61 Å². The minimum atomic E-state index is -2.92. The van der Waals surface area contributed by atoms with E-state index in [4.69, 9.17) is 4.74 Å². The molecule has 0 radical (unpaired) electrons. The Morgan fingerprint density at radius 1 is 1.24 bits per heavy atom. The van der Waals surface area contributed by atoms with Gasteiger partial charge in [-0.1, -0.05) is 34.1 Å². The van der Waals surface area contributed by atoms with Crippen LogP contribution >= 0.6 is 15.9 Å². The highest BCUT2D eigenvalue weighted by Crippen LogP contribution is 2.25. The number of amides is 1. The molecule has 0 saturated carbocycles. The van der Waals surface area contributed by atoms with Gasteiger partial charge in [0.1, 0.15) is 11.9 Å². The van der Waals surface area contributed by atoms with Crippen molar-refractivity contribution in [3.8, 4) is 5.75 Å². The zero-order valence-corrected chi connectivity index (χ0v) is 14.8. The minimum Gasteiger partial charge on any atom is -0.435 e. The molecule has 25 heavy (non-hydrogen) atoms. The van der Waals surface area contributed by atoms with Crippen LogP contribution in [0.5, 0.6) is 5.75 Å². The number of carbonyl (C=O) groups excluding carboxylic acids is 1. The number of nitrogens with zero attached hydrogens (tertiary/aromatic N) is 1. The number of hydrogen-bond donors (Lipinski definition) is 0. The number of halogens is 3. The van der Waals surface area contributed by atoms with Crippen molar-refractivity contribution >= 4 is 21.8 Å². The van der Waals surface area contributed by atoms with E-state index in [9.17, 15) is 13.6 Å². The van der Waals surface area contributed by atoms with Gasteiger partial charge in [-0.3, -0.25) is 4.79 Å². The molecule has 1 aliphatic heterocycles. The summed E-state index contributed by atoms with van der Waals surface area (Å²) in [7, 11) is 0. The van der Waals surface area contributed by atoms with E-state index in [1.165, 1.54) is 18.2 Å². The fourth-order valence-electron chi connectivity index (χ4n) is 2.70. The first kappa shape index (κ1) is 17.8. The number of morpholine rings is 1. The van der Waals surface area contributed by atoms with Crippen LogP contribution < -0.4 is 4.74 Å². The predicted molar refractivity (Wildman–Crippen MR) is 91.8 cm³/mol. The van der Waals surface area contributed by atoms with E-state index in [1.807, 2.05) is 24.3 Å². The quantitative estimate of drug-likeness (QED) is 0.754. The molecule has 3 rings (SSSR count). The van der Waals surface area contributed by atoms with Gasteiger partial charge in [-0.05, 0) is 35.9 Å². The Bertz CT molecular complexity index is 739. The summed E-state index contributed by atoms with van der Waals surface area (Å²) in [5.74, 6) is -0.260. The van der Waals surface area contributed by atoms with Crippen LogP contribution in [0.25, 0.3) is 0 Å². The lowest BCUT2D eigenvalue weighted by Crippen LogP contribution is -2.42. The lowest BCUT2D eigenvalue weighted by Gasteiger charge is -2.33. The molecule has 1 aliphatic rings. The van der Waals surface area contributed by atoms with Gasteiger partial charge in [-0.2, -0.15) is 8.78 Å². The van der Waals surface area contributed by atoms with Crippen molar-refractivity contribution in [3.63, 3.8) is 0 Å². The maximum Gasteiger partial charge on any atom is 0.387 e. The molecule has 1 heterocycles. The second kappa shape index (κ2) is 7.93. The first-order valence-corrected chi connectivity index (χ1v) is 8.53. The molecule has 2 aromatic rings. The zero-order valence-electron chi connectivity index (χ0n) is 13.2. The van der Waals surface area contributed by atoms with Gasteiger partial charge in [0.15, 0.2) is 0 Å². The molecule has 1 amide bonds. The molecule has 0 N–H and O–H groups in total. The second-order valence-electron chi connectivity index (χ2n) is 5.57. The standard InChI is InChI=1S/C18H16BrF2NO3/c19-14-6-4-12(5-7-14)16-11-22(8-9-24-16)17(23)13-2-1-3-15(10-13)25-18(20)21/h1-7,10,16,18H,8-9,11H2. The average molecular weight is 412 g/mol. The molecule has 0 aliphatic carbocycles. The number of carbonyl (C=O) groups is 1. The highest BCUT2D eigenvalue weighted by molar-refractivity contribution is 9.10. The highest BCUT2D eigenvalue weighted by Gasteiger charge is 2.26. The number of ether oxygens (including phenoxy) is 2. The summed E-state index contributed by atoms with van der Waals surface area (Å²) in [4.78, 5) is 14.4. The Hall–Kier alpha value is -1.99. The summed E-state index contributed by atoms with van der Waals surface area (Å²) in [5.41, 5.74) is 1.30. The smallest absolute Gasteiger partial charge is 0.387 e. The summed E-state index contributed by atoms with van der Waals surface area (Å²) in [6, 6.07) is 13.6. The topological polar surface area (TPSA) is 38.8 Å². The molecule has 1 saturated heterocycles. The van der Waals surface area contributed by atoms with E-state index in [0.29, 0.717) is 25.3 Å². The molecule has 4 nitrogen and oxygen atoms in total. The molecule has 1 unspecified atom stereocenters. The summed E-state index contributed by atoms with van der Waals surface area (Å²) in [5, 5.41) is 0. The molecule has 7 heteroatoms. The van der Waals surface area contributed by atoms with Crippen LogP contribution in [0.1, 0.15) is 22.0 Å². The van der Waals surface area contributed by atoms with Crippen LogP contribution in [0.4, 0.5) is 8.78 Å². The lowest BCUT2D eigenvalue weighted by molar-refractivity contribution is -0.0499. The van der Waals surface area contributed by atoms with Crippen LogP contribution in [0.3, 0.4) is 0 Å². The van der Waals surface area contributed by atoms with Gasteiger partial charge in [-0.15, -0.1) is 0 Å². The Labute approximate surface area is 152 Å². The number of rotatable bonds is 4. The fourth-order valence-corrected chi connectivity index (χ4v) is 2.97. The van der Waals surface area contributed by atoms with Gasteiger partial charge < -0.3 is 14.4 Å². The summed E-state index contributed by atoms with van der Waals surface area (Å²) in [6.07, 6.45) is -0.216. The van der Waals surface area contributed by atoms with Crippen LogP contribution in [0, 0.1) is 0 Å². The molecule has 0 bridgehead atoms. The molecule has 0 aromatic heterocycles. The molecular weight excluding hydrogens is 396 g/mol. The number of alkyl halides is 2. The third-order valence-electron chi connectivity index (χ3n) is 3.90. The van der Waals surface area contributed by atoms with Crippen molar-refractivity contribution < 1.29 is 23.0 Å². The fraction of sp³-hybridized carbons (Fsp3) is 0.278. The van der Waals surface area contributed by atoms with E-state index in [0.717, 1.165) is 10.0 Å². The average Bonchev–Trinajstić information content (AvgIpc) is 2.61. The third-order valence-corrected chi connectivity index (χ3v) is 4.43. The highest BCUT2D eigenvalue weighted by atomic mass is 79.9. The Morgan fingerprint density at radius 2 is 2.00 bits per heavy atom. The Balaban J connectivity index is 1.72. The van der Waals surface area contributed by atoms with Crippen LogP contribution in [0.15, 0.2) is 53.0 Å². The van der Waals surface area contributed by atoms with Gasteiger partial charge in [0.05, 0.1) is 13.2 Å². The van der Waals surface area contributed by atoms with E-state index in [-0.39, 0.29) is 17.8 Å². The van der Waals surface area contributed by atoms with Crippen LogP contribution in [-0.2, 0) is 4.74 Å². The first-order chi connectivity index (χ1) is 12.0. The molecule has 2 aromatic carbocycles. The molecule has 1 atom stereocenters. The molecule has 132 valence electrons. The van der Waals surface area contributed by atoms with Crippen LogP contribution in [-0.4, -0.2) is 37.1 Å². The Kier molecular flexibility index (Phi) is 5.65. The van der Waals surface area contributed by atoms with Crippen molar-refractivity contribution in [2.75, 3.05) is 19.7 Å². The van der Waals surface area contributed by atoms with Gasteiger partial charge in [0.2, 0.25) is 0 Å². The molecule has 0 spiro atoms. The predicted octanol–water partition coefficient (Wildman–Crippen LogP) is 4.26. The monoisotopic (exact) mass is 411 g/mol. The van der Waals surface area contributed by atoms with Gasteiger partial charge in [-0.25, -0.2) is 0 Å². The summed E-state index contributed by atoms with van der Waals surface area (Å²) < 4.78 is 35.8. The molecule has 1 fully saturated rings. The normalized spacial score (nSPS) is 17.6. The van der Waals surface area contributed by atoms with E-state index in [1.54, 1.807) is 11.0 Å². The maximum atomic E-state index is 12.7. The minimum absolute atomic E-state index is 0.0291. The van der Waals surface area contributed by atoms with E-state index < -0.39 is 6.61 Å². The first-order valence-electron chi connectivity index (χ1n) is 7.74. The summed E-state index contributed by atoms with van der Waals surface area (Å²) in [6.45, 7) is -1.65. The SMILES string of the molecule is O=C(c1cccc(OC(F)F)c1)N1CCOC(c2ccc(Br)cc2)C1. The Morgan fingerprint density at radius 3 is 2.72 bits per heavy atom. The van der Waals surface area contributed by atoms with Crippen molar-refractivity contribution in [2.24, 2.45) is 0 Å². The van der Waals surface area contributed by atoms with Crippen molar-refractivity contribution in [1.29, 1.82) is 0 Å². The lowest BCUT2D eigenvalue weighted by atomic mass is 10.1. The number of benzene rings is 2. The van der Waals surface area contributed by atoms with Crippen molar-refractivity contribution in [1.82, 2.24) is 4.90 Å². The summed E-state index contributed by atoms with van der Waals surface area (Å²) >= 11 is 3.39. The van der Waals surface area contributed by atoms with Crippen molar-refractivity contribution in [3.05, 3.63) is 64.1 Å². The maximum absolute atomic E-state index is 12.7. The third kappa shape index (κ3) is 4.55. The second-order valence-corrected chi connectivity index (χ2v) is 6.48. The van der Waals surface area contributed by atoms with E-state index in [2.05, 4.69) is 20.7 Å². The largest absolute Gasteiger partial charge is 0.435 e. The van der Waals surface area contributed by atoms with Crippen molar-refractivity contribution in [2.45, 2.75) is 12.7 Å². The molecular formula is C18H16BrF2NO3.